The third-order valence-corrected chi connectivity index (χ3v) is 4.04. The van der Waals surface area contributed by atoms with E-state index in [0.717, 1.165) is 21.8 Å². The maximum Gasteiger partial charge on any atom is 0.126 e. The van der Waals surface area contributed by atoms with Crippen molar-refractivity contribution in [1.82, 2.24) is 4.98 Å². The van der Waals surface area contributed by atoms with Crippen molar-refractivity contribution < 1.29 is 4.39 Å². The molecule has 0 aliphatic rings. The molecule has 20 heavy (non-hydrogen) atoms. The largest absolute Gasteiger partial charge is 0.389 e. The van der Waals surface area contributed by atoms with E-state index in [2.05, 4.69) is 4.98 Å². The highest BCUT2D eigenvalue weighted by Gasteiger charge is 2.12. The average Bonchev–Trinajstić information content (AvgIpc) is 2.85. The average molecular weight is 284 g/mol. The van der Waals surface area contributed by atoms with Gasteiger partial charge in [-0.15, -0.1) is 0 Å². The van der Waals surface area contributed by atoms with Crippen molar-refractivity contribution in [2.45, 2.75) is 6.92 Å². The lowest BCUT2D eigenvalue weighted by atomic mass is 10.1. The molecule has 0 saturated carbocycles. The van der Waals surface area contributed by atoms with Crippen LogP contribution in [0.1, 0.15) is 5.56 Å². The molecular formula is C16H13FN2S. The number of hydrogen-bond donors (Lipinski definition) is 1. The van der Waals surface area contributed by atoms with Gasteiger partial charge in [-0.05, 0) is 30.7 Å². The highest BCUT2D eigenvalue weighted by atomic mass is 32.1. The predicted molar refractivity (Wildman–Crippen MR) is 82.1 cm³/mol. The number of halogens is 1. The first-order valence-corrected chi connectivity index (χ1v) is 7.05. The molecule has 0 spiro atoms. The number of nitrogens with two attached hydrogens (primary N) is 1. The van der Waals surface area contributed by atoms with E-state index < -0.39 is 0 Å². The molecule has 1 aromatic heterocycles. The molecule has 3 rings (SSSR count). The fraction of sp³-hybridized carbons (Fsp3) is 0.0625. The van der Waals surface area contributed by atoms with Crippen molar-refractivity contribution in [3.63, 3.8) is 0 Å². The van der Waals surface area contributed by atoms with Crippen molar-refractivity contribution in [3.8, 4) is 21.8 Å². The zero-order valence-corrected chi connectivity index (χ0v) is 11.7. The summed E-state index contributed by atoms with van der Waals surface area (Å²) >= 11 is 1.45. The van der Waals surface area contributed by atoms with Crippen molar-refractivity contribution in [2.24, 2.45) is 0 Å². The zero-order chi connectivity index (χ0) is 14.1. The van der Waals surface area contributed by atoms with Crippen LogP contribution in [-0.2, 0) is 0 Å². The number of aromatic nitrogens is 1. The van der Waals surface area contributed by atoms with Crippen molar-refractivity contribution in [2.75, 3.05) is 5.73 Å². The van der Waals surface area contributed by atoms with E-state index >= 15 is 0 Å². The van der Waals surface area contributed by atoms with Gasteiger partial charge in [0, 0.05) is 11.1 Å². The Morgan fingerprint density at radius 3 is 2.50 bits per heavy atom. The summed E-state index contributed by atoms with van der Waals surface area (Å²) in [6.45, 7) is 1.74. The molecule has 0 amide bonds. The highest BCUT2D eigenvalue weighted by Crippen LogP contribution is 2.36. The molecule has 4 heteroatoms. The van der Waals surface area contributed by atoms with Gasteiger partial charge in [-0.1, -0.05) is 41.7 Å². The van der Waals surface area contributed by atoms with Gasteiger partial charge in [-0.2, -0.15) is 0 Å². The molecular weight excluding hydrogens is 271 g/mol. The van der Waals surface area contributed by atoms with Gasteiger partial charge in [0.2, 0.25) is 0 Å². The van der Waals surface area contributed by atoms with E-state index in [0.29, 0.717) is 10.6 Å². The molecule has 100 valence electrons. The van der Waals surface area contributed by atoms with Gasteiger partial charge >= 0.3 is 0 Å². The van der Waals surface area contributed by atoms with Gasteiger partial charge in [0.1, 0.15) is 21.5 Å². The summed E-state index contributed by atoms with van der Waals surface area (Å²) < 4.78 is 13.3. The minimum Gasteiger partial charge on any atom is -0.389 e. The molecule has 3 aromatic rings. The molecule has 0 atom stereocenters. The first-order chi connectivity index (χ1) is 9.65. The number of rotatable bonds is 2. The van der Waals surface area contributed by atoms with Crippen LogP contribution in [0.25, 0.3) is 21.8 Å². The normalized spacial score (nSPS) is 10.7. The number of aryl methyl sites for hydroxylation is 1. The summed E-state index contributed by atoms with van der Waals surface area (Å²) in [7, 11) is 0. The van der Waals surface area contributed by atoms with Crippen LogP contribution in [0.2, 0.25) is 0 Å². The van der Waals surface area contributed by atoms with Crippen molar-refractivity contribution in [1.29, 1.82) is 0 Å². The first kappa shape index (κ1) is 12.8. The van der Waals surface area contributed by atoms with E-state index in [9.17, 15) is 4.39 Å². The molecule has 2 nitrogen and oxygen atoms in total. The third kappa shape index (κ3) is 2.30. The maximum atomic E-state index is 13.3. The Morgan fingerprint density at radius 1 is 1.05 bits per heavy atom. The van der Waals surface area contributed by atoms with Crippen LogP contribution >= 0.6 is 11.3 Å². The Morgan fingerprint density at radius 2 is 1.80 bits per heavy atom. The number of nitrogen functional groups attached to an aromatic ring is 1. The molecule has 2 N–H and O–H groups in total. The number of anilines is 1. The van der Waals surface area contributed by atoms with E-state index in [4.69, 9.17) is 5.73 Å². The van der Waals surface area contributed by atoms with Gasteiger partial charge in [-0.3, -0.25) is 0 Å². The van der Waals surface area contributed by atoms with Gasteiger partial charge in [-0.25, -0.2) is 9.37 Å². The number of nitrogens with zero attached hydrogens (tertiary/aromatic N) is 1. The summed E-state index contributed by atoms with van der Waals surface area (Å²) in [5, 5.41) is 1.52. The van der Waals surface area contributed by atoms with Crippen LogP contribution in [0.4, 0.5) is 9.39 Å². The second-order valence-electron chi connectivity index (χ2n) is 4.56. The van der Waals surface area contributed by atoms with Crippen LogP contribution in [0.3, 0.4) is 0 Å². The van der Waals surface area contributed by atoms with E-state index in [-0.39, 0.29) is 5.82 Å². The second-order valence-corrected chi connectivity index (χ2v) is 5.59. The van der Waals surface area contributed by atoms with Crippen LogP contribution in [-0.4, -0.2) is 4.98 Å². The second kappa shape index (κ2) is 5.06. The zero-order valence-electron chi connectivity index (χ0n) is 10.9. The fourth-order valence-electron chi connectivity index (χ4n) is 2.03. The first-order valence-electron chi connectivity index (χ1n) is 6.23. The van der Waals surface area contributed by atoms with Crippen LogP contribution in [0, 0.1) is 12.7 Å². The minimum absolute atomic E-state index is 0.217. The number of hydrogen-bond acceptors (Lipinski definition) is 3. The van der Waals surface area contributed by atoms with Gasteiger partial charge < -0.3 is 5.73 Å². The van der Waals surface area contributed by atoms with Gasteiger partial charge in [0.05, 0.1) is 0 Å². The molecule has 0 aliphatic heterocycles. The van der Waals surface area contributed by atoms with E-state index in [1.54, 1.807) is 19.1 Å². The summed E-state index contributed by atoms with van der Waals surface area (Å²) in [5.41, 5.74) is 9.26. The van der Waals surface area contributed by atoms with Crippen LogP contribution in [0.5, 0.6) is 0 Å². The Kier molecular flexibility index (Phi) is 3.24. The standard InChI is InChI=1S/C16H13FN2S/c1-10-9-12(7-8-13(10)17)14-15(18)20-16(19-14)11-5-3-2-4-6-11/h2-9H,18H2,1H3. The Bertz CT molecular complexity index is 750. The Labute approximate surface area is 120 Å². The summed E-state index contributed by atoms with van der Waals surface area (Å²) in [6, 6.07) is 14.8. The van der Waals surface area contributed by atoms with Gasteiger partial charge in [0.25, 0.3) is 0 Å². The number of benzene rings is 2. The van der Waals surface area contributed by atoms with Crippen molar-refractivity contribution >= 4 is 16.3 Å². The molecule has 0 bridgehead atoms. The Balaban J connectivity index is 2.07. The monoisotopic (exact) mass is 284 g/mol. The molecule has 1 heterocycles. The summed E-state index contributed by atoms with van der Waals surface area (Å²) in [6.07, 6.45) is 0. The Hall–Kier alpha value is -2.20. The SMILES string of the molecule is Cc1cc(-c2nc(-c3ccccc3)sc2N)ccc1F. The lowest BCUT2D eigenvalue weighted by Crippen LogP contribution is -1.88. The fourth-order valence-corrected chi connectivity index (χ4v) is 2.89. The smallest absolute Gasteiger partial charge is 0.126 e. The summed E-state index contributed by atoms with van der Waals surface area (Å²) in [4.78, 5) is 4.59. The molecule has 2 aromatic carbocycles. The van der Waals surface area contributed by atoms with Crippen molar-refractivity contribution in [3.05, 3.63) is 59.9 Å². The molecule has 0 fully saturated rings. The molecule has 0 aliphatic carbocycles. The maximum absolute atomic E-state index is 13.3. The van der Waals surface area contributed by atoms with Gasteiger partial charge in [0.15, 0.2) is 0 Å². The highest BCUT2D eigenvalue weighted by molar-refractivity contribution is 7.19. The predicted octanol–water partition coefficient (Wildman–Crippen LogP) is 4.51. The topological polar surface area (TPSA) is 38.9 Å². The quantitative estimate of drug-likeness (QED) is 0.752. The minimum atomic E-state index is -0.217. The lowest BCUT2D eigenvalue weighted by molar-refractivity contribution is 0.619. The number of thiazole rings is 1. The van der Waals surface area contributed by atoms with Crippen LogP contribution < -0.4 is 5.73 Å². The molecule has 0 saturated heterocycles. The van der Waals surface area contributed by atoms with Crippen LogP contribution in [0.15, 0.2) is 48.5 Å². The molecule has 0 radical (unpaired) electrons. The van der Waals surface area contributed by atoms with E-state index in [1.165, 1.54) is 17.4 Å². The third-order valence-electron chi connectivity index (χ3n) is 3.11. The molecule has 0 unspecified atom stereocenters. The van der Waals surface area contributed by atoms with E-state index in [1.807, 2.05) is 30.3 Å². The lowest BCUT2D eigenvalue weighted by Gasteiger charge is -2.01. The summed E-state index contributed by atoms with van der Waals surface area (Å²) in [5.74, 6) is -0.217.